The lowest BCUT2D eigenvalue weighted by atomic mass is 10.2. The number of methoxy groups -OCH3 is 1. The van der Waals surface area contributed by atoms with Crippen molar-refractivity contribution >= 4 is 52.4 Å². The molecule has 0 unspecified atom stereocenters. The fourth-order valence-electron chi connectivity index (χ4n) is 3.42. The Balaban J connectivity index is 1.27. The van der Waals surface area contributed by atoms with Crippen LogP contribution in [0.25, 0.3) is 0 Å². The third-order valence-electron chi connectivity index (χ3n) is 4.93. The van der Waals surface area contributed by atoms with Gasteiger partial charge in [-0.2, -0.15) is 0 Å². The second-order valence-electron chi connectivity index (χ2n) is 7.10. The molecule has 0 saturated carbocycles. The molecule has 0 atom stereocenters. The number of rotatable bonds is 7. The maximum Gasteiger partial charge on any atom is 0.277 e. The van der Waals surface area contributed by atoms with Crippen molar-refractivity contribution in [3.8, 4) is 11.5 Å². The summed E-state index contributed by atoms with van der Waals surface area (Å²) in [7, 11) is 1.58. The van der Waals surface area contributed by atoms with Gasteiger partial charge in [-0.25, -0.2) is 0 Å². The van der Waals surface area contributed by atoms with E-state index in [9.17, 15) is 4.79 Å². The van der Waals surface area contributed by atoms with Gasteiger partial charge in [0, 0.05) is 14.8 Å². The number of nitrogens with zero attached hydrogens (tertiary/aromatic N) is 3. The fourth-order valence-corrected chi connectivity index (χ4v) is 5.25. The number of aromatic nitrogens is 2. The van der Waals surface area contributed by atoms with E-state index in [1.165, 1.54) is 11.8 Å². The number of para-hydroxylation sites is 3. The summed E-state index contributed by atoms with van der Waals surface area (Å²) < 4.78 is 16.6. The number of amides is 1. The number of ether oxygens (including phenoxy) is 2. The van der Waals surface area contributed by atoms with Crippen molar-refractivity contribution < 1.29 is 18.7 Å². The van der Waals surface area contributed by atoms with Gasteiger partial charge in [0.1, 0.15) is 0 Å². The Morgan fingerprint density at radius 1 is 1.03 bits per heavy atom. The van der Waals surface area contributed by atoms with Gasteiger partial charge < -0.3 is 13.9 Å². The molecule has 7 nitrogen and oxygen atoms in total. The maximum absolute atomic E-state index is 13.3. The first-order valence-electron chi connectivity index (χ1n) is 10.2. The zero-order valence-electron chi connectivity index (χ0n) is 17.9. The Labute approximate surface area is 209 Å². The van der Waals surface area contributed by atoms with Crippen LogP contribution in [0.3, 0.4) is 0 Å². The second kappa shape index (κ2) is 10.0. The molecule has 34 heavy (non-hydrogen) atoms. The molecule has 1 aromatic heterocycles. The first kappa shape index (κ1) is 22.6. The molecule has 0 spiro atoms. The summed E-state index contributed by atoms with van der Waals surface area (Å²) in [6.07, 6.45) is 0. The summed E-state index contributed by atoms with van der Waals surface area (Å²) in [4.78, 5) is 17.0. The van der Waals surface area contributed by atoms with E-state index in [0.717, 1.165) is 21.2 Å². The summed E-state index contributed by atoms with van der Waals surface area (Å²) in [5.74, 6) is 1.48. The molecule has 0 N–H and O–H groups in total. The Hall–Kier alpha value is -3.14. The first-order chi connectivity index (χ1) is 16.6. The summed E-state index contributed by atoms with van der Waals surface area (Å²) in [5, 5.41) is 8.90. The fraction of sp³-hybridized carbons (Fsp3) is 0.125. The van der Waals surface area contributed by atoms with E-state index < -0.39 is 0 Å². The smallest absolute Gasteiger partial charge is 0.277 e. The predicted octanol–water partition coefficient (Wildman–Crippen LogP) is 6.23. The normalized spacial score (nSPS) is 12.1. The molecule has 1 aliphatic heterocycles. The van der Waals surface area contributed by atoms with Gasteiger partial charge in [-0.1, -0.05) is 59.4 Å². The van der Waals surface area contributed by atoms with Crippen molar-refractivity contribution in [3.63, 3.8) is 0 Å². The van der Waals surface area contributed by atoms with Crippen molar-refractivity contribution in [2.45, 2.75) is 21.6 Å². The third-order valence-corrected chi connectivity index (χ3v) is 7.09. The number of thioether (sulfide) groups is 1. The average Bonchev–Trinajstić information content (AvgIpc) is 3.32. The van der Waals surface area contributed by atoms with Crippen LogP contribution in [0.5, 0.6) is 11.5 Å². The number of carbonyl (C=O) groups excluding carboxylic acids is 1. The topological polar surface area (TPSA) is 77.7 Å². The molecule has 2 heterocycles. The summed E-state index contributed by atoms with van der Waals surface area (Å²) in [6, 6.07) is 20.7. The van der Waals surface area contributed by atoms with Crippen LogP contribution in [-0.4, -0.2) is 29.0 Å². The van der Waals surface area contributed by atoms with E-state index in [2.05, 4.69) is 10.2 Å². The minimum Gasteiger partial charge on any atom is -0.493 e. The van der Waals surface area contributed by atoms with Crippen LogP contribution in [-0.2, 0) is 11.4 Å². The van der Waals surface area contributed by atoms with Crippen LogP contribution < -0.4 is 14.4 Å². The van der Waals surface area contributed by atoms with Crippen LogP contribution in [0.1, 0.15) is 5.89 Å². The average molecular weight is 512 g/mol. The maximum atomic E-state index is 13.3. The first-order valence-corrected chi connectivity index (χ1v) is 12.4. The van der Waals surface area contributed by atoms with Crippen LogP contribution >= 0.6 is 35.1 Å². The molecular weight excluding hydrogens is 494 g/mol. The number of anilines is 2. The molecule has 0 bridgehead atoms. The molecule has 4 aromatic rings. The van der Waals surface area contributed by atoms with Gasteiger partial charge in [-0.3, -0.25) is 9.69 Å². The zero-order chi connectivity index (χ0) is 23.5. The van der Waals surface area contributed by atoms with Gasteiger partial charge in [-0.15, -0.1) is 10.2 Å². The molecule has 1 amide bonds. The van der Waals surface area contributed by atoms with Gasteiger partial charge in [0.25, 0.3) is 11.1 Å². The van der Waals surface area contributed by atoms with Crippen LogP contribution in [0, 0.1) is 0 Å². The molecule has 10 heteroatoms. The van der Waals surface area contributed by atoms with Crippen molar-refractivity contribution in [2.24, 2.45) is 0 Å². The van der Waals surface area contributed by atoms with Gasteiger partial charge in [0.05, 0.1) is 24.2 Å². The highest BCUT2D eigenvalue weighted by molar-refractivity contribution is 8.00. The summed E-state index contributed by atoms with van der Waals surface area (Å²) >= 11 is 9.02. The van der Waals surface area contributed by atoms with Gasteiger partial charge >= 0.3 is 0 Å². The molecule has 0 aliphatic carbocycles. The van der Waals surface area contributed by atoms with Gasteiger partial charge in [0.2, 0.25) is 5.91 Å². The SMILES string of the molecule is COc1ccccc1OCc1nnc(SCC(=O)N2c3ccccc3Sc3ccc(Cl)cc32)o1. The highest BCUT2D eigenvalue weighted by Gasteiger charge is 2.28. The third kappa shape index (κ3) is 4.72. The lowest BCUT2D eigenvalue weighted by Crippen LogP contribution is -2.30. The molecule has 0 saturated heterocycles. The van der Waals surface area contributed by atoms with E-state index in [1.54, 1.807) is 35.9 Å². The molecule has 1 aliphatic rings. The Morgan fingerprint density at radius 2 is 1.79 bits per heavy atom. The van der Waals surface area contributed by atoms with Crippen molar-refractivity contribution in [1.82, 2.24) is 10.2 Å². The quantitative estimate of drug-likeness (QED) is 0.270. The number of carbonyl (C=O) groups is 1. The highest BCUT2D eigenvalue weighted by Crippen LogP contribution is 2.49. The van der Waals surface area contributed by atoms with E-state index in [-0.39, 0.29) is 23.5 Å². The predicted molar refractivity (Wildman–Crippen MR) is 132 cm³/mol. The molecule has 0 radical (unpaired) electrons. The number of benzene rings is 3. The molecule has 3 aromatic carbocycles. The van der Waals surface area contributed by atoms with Gasteiger partial charge in [0.15, 0.2) is 18.1 Å². The number of hydrogen-bond acceptors (Lipinski definition) is 8. The van der Waals surface area contributed by atoms with Crippen LogP contribution in [0.2, 0.25) is 5.02 Å². The zero-order valence-corrected chi connectivity index (χ0v) is 20.3. The monoisotopic (exact) mass is 511 g/mol. The minimum atomic E-state index is -0.119. The second-order valence-corrected chi connectivity index (χ2v) is 9.55. The van der Waals surface area contributed by atoms with E-state index in [1.807, 2.05) is 54.6 Å². The molecular formula is C24H18ClN3O4S2. The van der Waals surface area contributed by atoms with Crippen molar-refractivity contribution in [1.29, 1.82) is 0 Å². The largest absolute Gasteiger partial charge is 0.493 e. The standard InChI is InChI=1S/C24H18ClN3O4S2/c1-30-18-7-3-4-8-19(18)31-13-22-26-27-24(32-22)33-14-23(29)28-16-6-2-5-9-20(16)34-21-11-10-15(25)12-17(21)28/h2-12H,13-14H2,1H3. The number of fused-ring (bicyclic) bond motifs is 2. The Bertz CT molecular complexity index is 1350. The minimum absolute atomic E-state index is 0.0878. The Kier molecular flexibility index (Phi) is 6.66. The number of halogens is 1. The lowest BCUT2D eigenvalue weighted by Gasteiger charge is -2.31. The van der Waals surface area contributed by atoms with E-state index >= 15 is 0 Å². The van der Waals surface area contributed by atoms with Gasteiger partial charge in [-0.05, 0) is 42.5 Å². The molecule has 0 fully saturated rings. The molecule has 5 rings (SSSR count). The van der Waals surface area contributed by atoms with E-state index in [0.29, 0.717) is 22.4 Å². The molecule has 172 valence electrons. The highest BCUT2D eigenvalue weighted by atomic mass is 35.5. The number of hydrogen-bond donors (Lipinski definition) is 0. The van der Waals surface area contributed by atoms with E-state index in [4.69, 9.17) is 25.5 Å². The van der Waals surface area contributed by atoms with Crippen molar-refractivity contribution in [3.05, 3.63) is 77.6 Å². The Morgan fingerprint density at radius 3 is 2.65 bits per heavy atom. The summed E-state index contributed by atoms with van der Waals surface area (Å²) in [6.45, 7) is 0.0878. The lowest BCUT2D eigenvalue weighted by molar-refractivity contribution is -0.115. The van der Waals surface area contributed by atoms with Crippen LogP contribution in [0.15, 0.2) is 86.2 Å². The van der Waals surface area contributed by atoms with Crippen LogP contribution in [0.4, 0.5) is 11.4 Å². The van der Waals surface area contributed by atoms with Crippen molar-refractivity contribution in [2.75, 3.05) is 17.8 Å². The summed E-state index contributed by atoms with van der Waals surface area (Å²) in [5.41, 5.74) is 1.59.